The van der Waals surface area contributed by atoms with Gasteiger partial charge in [0.25, 0.3) is 0 Å². The monoisotopic (exact) mass is 252 g/mol. The Hall–Kier alpha value is -1.07. The highest BCUT2D eigenvalue weighted by molar-refractivity contribution is 7.98. The van der Waals surface area contributed by atoms with E-state index in [0.29, 0.717) is 11.0 Å². The first-order chi connectivity index (χ1) is 7.74. The van der Waals surface area contributed by atoms with Crippen LogP contribution in [0.1, 0.15) is 11.3 Å². The third kappa shape index (κ3) is 1.60. The predicted molar refractivity (Wildman–Crippen MR) is 64.2 cm³/mol. The lowest BCUT2D eigenvalue weighted by Crippen LogP contribution is -1.98. The van der Waals surface area contributed by atoms with E-state index < -0.39 is 0 Å². The number of nitrogens with zero attached hydrogens (tertiary/aromatic N) is 4. The molecule has 4 nitrogen and oxygen atoms in total. The van der Waals surface area contributed by atoms with Gasteiger partial charge in [0, 0.05) is 30.3 Å². The van der Waals surface area contributed by atoms with Crippen molar-refractivity contribution in [1.82, 2.24) is 19.7 Å². The predicted octanol–water partition coefficient (Wildman–Crippen LogP) is 2.28. The van der Waals surface area contributed by atoms with Gasteiger partial charge in [-0.15, -0.1) is 0 Å². The first-order valence-electron chi connectivity index (χ1n) is 4.87. The number of aromatic nitrogens is 4. The van der Waals surface area contributed by atoms with Gasteiger partial charge in [0.1, 0.15) is 10.8 Å². The first-order valence-corrected chi connectivity index (χ1v) is 6.40. The average molecular weight is 253 g/mol. The lowest BCUT2D eigenvalue weighted by atomic mass is 10.2. The molecule has 1 aliphatic heterocycles. The second kappa shape index (κ2) is 3.75. The van der Waals surface area contributed by atoms with Crippen molar-refractivity contribution in [3.05, 3.63) is 28.7 Å². The molecule has 0 fully saturated rings. The summed E-state index contributed by atoms with van der Waals surface area (Å²) in [7, 11) is 1.87. The molecule has 0 spiro atoms. The first kappa shape index (κ1) is 10.1. The molecular weight excluding hydrogens is 244 g/mol. The van der Waals surface area contributed by atoms with Crippen LogP contribution in [-0.2, 0) is 18.6 Å². The maximum Gasteiger partial charge on any atom is 0.181 e. The molecule has 0 N–H and O–H groups in total. The van der Waals surface area contributed by atoms with Gasteiger partial charge >= 0.3 is 0 Å². The third-order valence-corrected chi connectivity index (χ3v) is 3.75. The molecule has 0 atom stereocenters. The van der Waals surface area contributed by atoms with Crippen molar-refractivity contribution in [3.63, 3.8) is 0 Å². The van der Waals surface area contributed by atoms with E-state index in [4.69, 9.17) is 11.6 Å². The van der Waals surface area contributed by atoms with E-state index >= 15 is 0 Å². The van der Waals surface area contributed by atoms with Crippen LogP contribution in [0.2, 0.25) is 5.15 Å². The van der Waals surface area contributed by atoms with Gasteiger partial charge in [-0.2, -0.15) is 16.9 Å². The molecule has 82 valence electrons. The molecule has 0 unspecified atom stereocenters. The van der Waals surface area contributed by atoms with E-state index in [1.165, 1.54) is 0 Å². The molecule has 16 heavy (non-hydrogen) atoms. The Morgan fingerprint density at radius 3 is 3.00 bits per heavy atom. The Morgan fingerprint density at radius 2 is 2.25 bits per heavy atom. The summed E-state index contributed by atoms with van der Waals surface area (Å²) in [6.07, 6.45) is 1.87. The van der Waals surface area contributed by atoms with Crippen LogP contribution in [0.5, 0.6) is 0 Å². The molecule has 2 aromatic rings. The zero-order valence-corrected chi connectivity index (χ0v) is 10.2. The van der Waals surface area contributed by atoms with Crippen LogP contribution in [0.25, 0.3) is 11.5 Å². The minimum absolute atomic E-state index is 0.565. The van der Waals surface area contributed by atoms with Crippen LogP contribution < -0.4 is 0 Å². The van der Waals surface area contributed by atoms with Gasteiger partial charge in [0.2, 0.25) is 0 Å². The fourth-order valence-corrected chi connectivity index (χ4v) is 3.04. The summed E-state index contributed by atoms with van der Waals surface area (Å²) in [4.78, 5) is 8.80. The van der Waals surface area contributed by atoms with Crippen molar-refractivity contribution >= 4 is 23.4 Å². The van der Waals surface area contributed by atoms with Crippen LogP contribution in [0.4, 0.5) is 0 Å². The molecule has 3 heterocycles. The highest BCUT2D eigenvalue weighted by atomic mass is 35.5. The molecule has 0 saturated carbocycles. The van der Waals surface area contributed by atoms with Crippen LogP contribution in [0, 0.1) is 0 Å². The highest BCUT2D eigenvalue weighted by Gasteiger charge is 2.19. The summed E-state index contributed by atoms with van der Waals surface area (Å²) in [6.45, 7) is 0. The van der Waals surface area contributed by atoms with E-state index in [-0.39, 0.29) is 0 Å². The molecule has 0 aliphatic carbocycles. The van der Waals surface area contributed by atoms with Gasteiger partial charge in [-0.25, -0.2) is 9.97 Å². The van der Waals surface area contributed by atoms with Crippen molar-refractivity contribution < 1.29 is 0 Å². The van der Waals surface area contributed by atoms with Crippen molar-refractivity contribution in [2.45, 2.75) is 11.5 Å². The number of hydrogen-bond donors (Lipinski definition) is 0. The normalized spacial score (nSPS) is 14.1. The van der Waals surface area contributed by atoms with Crippen molar-refractivity contribution in [2.24, 2.45) is 7.05 Å². The topological polar surface area (TPSA) is 43.6 Å². The quantitative estimate of drug-likeness (QED) is 0.731. The second-order valence-electron chi connectivity index (χ2n) is 3.63. The van der Waals surface area contributed by atoms with Gasteiger partial charge < -0.3 is 0 Å². The summed E-state index contributed by atoms with van der Waals surface area (Å²) < 4.78 is 1.73. The molecule has 2 aromatic heterocycles. The Morgan fingerprint density at radius 1 is 1.38 bits per heavy atom. The third-order valence-electron chi connectivity index (χ3n) is 2.47. The van der Waals surface area contributed by atoms with Crippen LogP contribution in [0.3, 0.4) is 0 Å². The summed E-state index contributed by atoms with van der Waals surface area (Å²) in [5.41, 5.74) is 2.89. The standard InChI is InChI=1S/C10H9ClN4S/c1-15-3-2-7(14-15)10-12-8-5-16-4-6(8)9(11)13-10/h2-3H,4-5H2,1H3. The maximum atomic E-state index is 6.13. The fourth-order valence-electron chi connectivity index (χ4n) is 1.66. The lowest BCUT2D eigenvalue weighted by molar-refractivity contribution is 0.768. The Balaban J connectivity index is 2.12. The van der Waals surface area contributed by atoms with Gasteiger partial charge in [-0.05, 0) is 6.07 Å². The largest absolute Gasteiger partial charge is 0.275 e. The number of rotatable bonds is 1. The average Bonchev–Trinajstić information content (AvgIpc) is 2.85. The minimum atomic E-state index is 0.565. The van der Waals surface area contributed by atoms with Crippen molar-refractivity contribution in [1.29, 1.82) is 0 Å². The number of aryl methyl sites for hydroxylation is 1. The summed E-state index contributed by atoms with van der Waals surface area (Å²) in [6, 6.07) is 1.89. The summed E-state index contributed by atoms with van der Waals surface area (Å²) in [5.74, 6) is 2.44. The maximum absolute atomic E-state index is 6.13. The Labute approximate surface area is 102 Å². The molecule has 1 aliphatic rings. The van der Waals surface area contributed by atoms with E-state index in [2.05, 4.69) is 15.1 Å². The van der Waals surface area contributed by atoms with E-state index in [0.717, 1.165) is 28.5 Å². The Kier molecular flexibility index (Phi) is 2.37. The lowest BCUT2D eigenvalue weighted by Gasteiger charge is -2.02. The van der Waals surface area contributed by atoms with Crippen molar-refractivity contribution in [2.75, 3.05) is 0 Å². The van der Waals surface area contributed by atoms with E-state index in [9.17, 15) is 0 Å². The molecule has 6 heteroatoms. The van der Waals surface area contributed by atoms with E-state index in [1.807, 2.05) is 31.1 Å². The van der Waals surface area contributed by atoms with Crippen LogP contribution >= 0.6 is 23.4 Å². The van der Waals surface area contributed by atoms with Gasteiger partial charge in [-0.3, -0.25) is 4.68 Å². The van der Waals surface area contributed by atoms with Crippen LogP contribution in [-0.4, -0.2) is 19.7 Å². The van der Waals surface area contributed by atoms with Gasteiger partial charge in [0.15, 0.2) is 5.82 Å². The Bertz CT molecular complexity index is 552. The number of thioether (sulfide) groups is 1. The molecule has 0 saturated heterocycles. The molecular formula is C10H9ClN4S. The number of halogens is 1. The summed E-state index contributed by atoms with van der Waals surface area (Å²) >= 11 is 7.95. The SMILES string of the molecule is Cn1ccc(-c2nc(Cl)c3c(n2)CSC3)n1. The minimum Gasteiger partial charge on any atom is -0.275 e. The van der Waals surface area contributed by atoms with Gasteiger partial charge in [-0.1, -0.05) is 11.6 Å². The second-order valence-corrected chi connectivity index (χ2v) is 4.97. The molecule has 3 rings (SSSR count). The zero-order valence-electron chi connectivity index (χ0n) is 8.64. The molecule has 0 radical (unpaired) electrons. The summed E-state index contributed by atoms with van der Waals surface area (Å²) in [5, 5.41) is 4.84. The highest BCUT2D eigenvalue weighted by Crippen LogP contribution is 2.33. The zero-order chi connectivity index (χ0) is 11.1. The van der Waals surface area contributed by atoms with Crippen LogP contribution in [0.15, 0.2) is 12.3 Å². The van der Waals surface area contributed by atoms with Crippen molar-refractivity contribution in [3.8, 4) is 11.5 Å². The number of hydrogen-bond acceptors (Lipinski definition) is 4. The van der Waals surface area contributed by atoms with E-state index in [1.54, 1.807) is 4.68 Å². The fraction of sp³-hybridized carbons (Fsp3) is 0.300. The smallest absolute Gasteiger partial charge is 0.181 e. The number of fused-ring (bicyclic) bond motifs is 1. The van der Waals surface area contributed by atoms with Gasteiger partial charge in [0.05, 0.1) is 5.69 Å². The molecule has 0 bridgehead atoms. The molecule has 0 aromatic carbocycles. The molecule has 0 amide bonds.